The number of hydrogen-bond acceptors (Lipinski definition) is 4. The summed E-state index contributed by atoms with van der Waals surface area (Å²) in [5.74, 6) is -0.243. The molecule has 1 atom stereocenters. The Kier molecular flexibility index (Phi) is 3.95. The molecule has 1 heterocycles. The van der Waals surface area contributed by atoms with E-state index < -0.39 is 12.0 Å². The summed E-state index contributed by atoms with van der Waals surface area (Å²) in [6.07, 6.45) is 0.504. The lowest BCUT2D eigenvalue weighted by atomic mass is 10.0. The average Bonchev–Trinajstić information content (AvgIpc) is 2.70. The first-order valence-corrected chi connectivity index (χ1v) is 6.39. The third-order valence-corrected chi connectivity index (χ3v) is 2.98. The first-order valence-electron chi connectivity index (χ1n) is 6.01. The molecule has 0 unspecified atom stereocenters. The van der Waals surface area contributed by atoms with Crippen molar-refractivity contribution in [2.24, 2.45) is 5.92 Å². The molecule has 6 heteroatoms. The first-order chi connectivity index (χ1) is 8.97. The van der Waals surface area contributed by atoms with Crippen LogP contribution in [-0.4, -0.2) is 22.3 Å². The molecule has 1 aromatic heterocycles. The number of carboxylic acid groups (broad SMARTS) is 1. The van der Waals surface area contributed by atoms with Crippen LogP contribution in [0.4, 0.5) is 5.82 Å². The molecule has 0 saturated carbocycles. The lowest BCUT2D eigenvalue weighted by Crippen LogP contribution is -2.30. The Morgan fingerprint density at radius 3 is 2.89 bits per heavy atom. The fraction of sp³-hybridized carbons (Fsp3) is 0.385. The molecule has 0 aliphatic carbocycles. The topological polar surface area (TPSA) is 75.4 Å². The van der Waals surface area contributed by atoms with Gasteiger partial charge in [-0.25, -0.2) is 4.79 Å². The van der Waals surface area contributed by atoms with Crippen molar-refractivity contribution in [2.75, 3.05) is 5.32 Å². The molecule has 2 N–H and O–H groups in total. The molecule has 19 heavy (non-hydrogen) atoms. The van der Waals surface area contributed by atoms with Gasteiger partial charge in [0.05, 0.1) is 5.39 Å². The fourth-order valence-corrected chi connectivity index (χ4v) is 2.04. The van der Waals surface area contributed by atoms with Crippen LogP contribution in [0, 0.1) is 5.92 Å². The SMILES string of the molecule is CC(C)C[C@@H](Nc1noc2ccc(Cl)cc12)C(=O)O. The summed E-state index contributed by atoms with van der Waals surface area (Å²) in [5, 5.41) is 17.2. The number of anilines is 1. The Balaban J connectivity index is 2.28. The summed E-state index contributed by atoms with van der Waals surface area (Å²) in [5.41, 5.74) is 0.570. The molecule has 5 nitrogen and oxygen atoms in total. The van der Waals surface area contributed by atoms with Crippen LogP contribution in [0.25, 0.3) is 11.0 Å². The number of aliphatic carboxylic acids is 1. The van der Waals surface area contributed by atoms with Crippen LogP contribution in [0.3, 0.4) is 0 Å². The first kappa shape index (κ1) is 13.7. The normalized spacial score (nSPS) is 12.8. The largest absolute Gasteiger partial charge is 0.480 e. The zero-order chi connectivity index (χ0) is 14.0. The van der Waals surface area contributed by atoms with Crippen LogP contribution >= 0.6 is 11.6 Å². The summed E-state index contributed by atoms with van der Waals surface area (Å²) in [6.45, 7) is 3.94. The van der Waals surface area contributed by atoms with E-state index in [4.69, 9.17) is 16.1 Å². The van der Waals surface area contributed by atoms with Gasteiger partial charge in [0.2, 0.25) is 0 Å². The zero-order valence-corrected chi connectivity index (χ0v) is 11.4. The van der Waals surface area contributed by atoms with Gasteiger partial charge in [0, 0.05) is 5.02 Å². The molecular weight excluding hydrogens is 268 g/mol. The van der Waals surface area contributed by atoms with E-state index in [-0.39, 0.29) is 5.92 Å². The van der Waals surface area contributed by atoms with Gasteiger partial charge in [0.15, 0.2) is 11.4 Å². The number of aromatic nitrogens is 1. The number of nitrogens with one attached hydrogen (secondary N) is 1. The van der Waals surface area contributed by atoms with E-state index in [1.807, 2.05) is 13.8 Å². The standard InChI is InChI=1S/C13H15ClN2O3/c1-7(2)5-10(13(17)18)15-12-9-6-8(14)3-4-11(9)19-16-12/h3-4,6-7,10H,5H2,1-2H3,(H,15,16)(H,17,18)/t10-/m1/s1. The molecule has 102 valence electrons. The number of hydrogen-bond donors (Lipinski definition) is 2. The van der Waals surface area contributed by atoms with Crippen molar-refractivity contribution >= 4 is 34.4 Å². The second-order valence-electron chi connectivity index (χ2n) is 4.84. The summed E-state index contributed by atoms with van der Waals surface area (Å²) < 4.78 is 5.13. The highest BCUT2D eigenvalue weighted by Crippen LogP contribution is 2.27. The molecule has 0 aliphatic rings. The summed E-state index contributed by atoms with van der Waals surface area (Å²) in [4.78, 5) is 11.2. The maximum Gasteiger partial charge on any atom is 0.326 e. The predicted octanol–water partition coefficient (Wildman–Crippen LogP) is 3.39. The molecule has 2 aromatic rings. The van der Waals surface area contributed by atoms with Crippen molar-refractivity contribution in [3.05, 3.63) is 23.2 Å². The van der Waals surface area contributed by atoms with Crippen LogP contribution in [0.5, 0.6) is 0 Å². The van der Waals surface area contributed by atoms with Crippen LogP contribution in [0.2, 0.25) is 5.02 Å². The highest BCUT2D eigenvalue weighted by Gasteiger charge is 2.21. The molecule has 0 saturated heterocycles. The number of nitrogens with zero attached hydrogens (tertiary/aromatic N) is 1. The maximum atomic E-state index is 11.2. The van der Waals surface area contributed by atoms with E-state index in [9.17, 15) is 9.90 Å². The van der Waals surface area contributed by atoms with E-state index >= 15 is 0 Å². The smallest absolute Gasteiger partial charge is 0.326 e. The Morgan fingerprint density at radius 2 is 2.26 bits per heavy atom. The second kappa shape index (κ2) is 5.48. The highest BCUT2D eigenvalue weighted by molar-refractivity contribution is 6.31. The van der Waals surface area contributed by atoms with Crippen molar-refractivity contribution in [2.45, 2.75) is 26.3 Å². The zero-order valence-electron chi connectivity index (χ0n) is 10.7. The predicted molar refractivity (Wildman–Crippen MR) is 73.5 cm³/mol. The molecule has 1 aromatic carbocycles. The van der Waals surface area contributed by atoms with Gasteiger partial charge in [0.1, 0.15) is 6.04 Å². The van der Waals surface area contributed by atoms with E-state index in [2.05, 4.69) is 10.5 Å². The second-order valence-corrected chi connectivity index (χ2v) is 5.27. The maximum absolute atomic E-state index is 11.2. The Morgan fingerprint density at radius 1 is 1.53 bits per heavy atom. The summed E-state index contributed by atoms with van der Waals surface area (Å²) in [6, 6.07) is 4.40. The monoisotopic (exact) mass is 282 g/mol. The van der Waals surface area contributed by atoms with Gasteiger partial charge in [-0.05, 0) is 30.5 Å². The Hall–Kier alpha value is -1.75. The van der Waals surface area contributed by atoms with Gasteiger partial charge < -0.3 is 14.9 Å². The minimum absolute atomic E-state index is 0.260. The van der Waals surface area contributed by atoms with Gasteiger partial charge in [-0.15, -0.1) is 0 Å². The molecule has 0 bridgehead atoms. The Labute approximate surface area is 115 Å². The van der Waals surface area contributed by atoms with Crippen LogP contribution < -0.4 is 5.32 Å². The molecular formula is C13H15ClN2O3. The van der Waals surface area contributed by atoms with Crippen LogP contribution in [-0.2, 0) is 4.79 Å². The number of halogens is 1. The van der Waals surface area contributed by atoms with Gasteiger partial charge in [0.25, 0.3) is 0 Å². The lowest BCUT2D eigenvalue weighted by Gasteiger charge is -2.15. The summed E-state index contributed by atoms with van der Waals surface area (Å²) >= 11 is 5.92. The van der Waals surface area contributed by atoms with Crippen molar-refractivity contribution in [3.63, 3.8) is 0 Å². The van der Waals surface area contributed by atoms with Gasteiger partial charge >= 0.3 is 5.97 Å². The number of benzene rings is 1. The third-order valence-electron chi connectivity index (χ3n) is 2.75. The third kappa shape index (κ3) is 3.17. The molecule has 0 amide bonds. The van der Waals surface area contributed by atoms with E-state index in [1.165, 1.54) is 0 Å². The van der Waals surface area contributed by atoms with Crippen molar-refractivity contribution < 1.29 is 14.4 Å². The Bertz CT molecular complexity index is 595. The average molecular weight is 283 g/mol. The fourth-order valence-electron chi connectivity index (χ4n) is 1.87. The minimum atomic E-state index is -0.910. The highest BCUT2D eigenvalue weighted by atomic mass is 35.5. The molecule has 0 spiro atoms. The van der Waals surface area contributed by atoms with Gasteiger partial charge in [-0.3, -0.25) is 0 Å². The number of fused-ring (bicyclic) bond motifs is 1. The number of carbonyl (C=O) groups is 1. The molecule has 2 rings (SSSR count). The number of rotatable bonds is 5. The lowest BCUT2D eigenvalue weighted by molar-refractivity contribution is -0.138. The molecule has 0 radical (unpaired) electrons. The van der Waals surface area contributed by atoms with Crippen LogP contribution in [0.15, 0.2) is 22.7 Å². The molecule has 0 aliphatic heterocycles. The van der Waals surface area contributed by atoms with Crippen molar-refractivity contribution in [3.8, 4) is 0 Å². The van der Waals surface area contributed by atoms with E-state index in [1.54, 1.807) is 18.2 Å². The summed E-state index contributed by atoms with van der Waals surface area (Å²) in [7, 11) is 0. The van der Waals surface area contributed by atoms with Gasteiger partial charge in [-0.2, -0.15) is 0 Å². The van der Waals surface area contributed by atoms with Crippen LogP contribution in [0.1, 0.15) is 20.3 Å². The van der Waals surface area contributed by atoms with Crippen molar-refractivity contribution in [1.29, 1.82) is 0 Å². The van der Waals surface area contributed by atoms with Crippen molar-refractivity contribution in [1.82, 2.24) is 5.16 Å². The quantitative estimate of drug-likeness (QED) is 0.879. The van der Waals surface area contributed by atoms with Gasteiger partial charge in [-0.1, -0.05) is 30.6 Å². The van der Waals surface area contributed by atoms with E-state index in [0.717, 1.165) is 0 Å². The minimum Gasteiger partial charge on any atom is -0.480 e. The molecule has 0 fully saturated rings. The number of carboxylic acids is 1. The van der Waals surface area contributed by atoms with E-state index in [0.29, 0.717) is 28.2 Å².